The van der Waals surface area contributed by atoms with Crippen LogP contribution in [0.3, 0.4) is 0 Å². The van der Waals surface area contributed by atoms with Crippen molar-refractivity contribution in [3.8, 4) is 0 Å². The van der Waals surface area contributed by atoms with Crippen molar-refractivity contribution in [3.63, 3.8) is 0 Å². The normalized spacial score (nSPS) is 39.8. The lowest BCUT2D eigenvalue weighted by atomic mass is 9.79. The minimum atomic E-state index is 0.415. The number of likely N-dealkylation sites (tertiary alicyclic amines) is 1. The van der Waals surface area contributed by atoms with E-state index in [0.29, 0.717) is 5.54 Å². The van der Waals surface area contributed by atoms with E-state index >= 15 is 0 Å². The second-order valence-corrected chi connectivity index (χ2v) is 5.97. The van der Waals surface area contributed by atoms with Crippen LogP contribution in [0.25, 0.3) is 0 Å². The van der Waals surface area contributed by atoms with Crippen LogP contribution < -0.4 is 5.73 Å². The highest BCUT2D eigenvalue weighted by atomic mass is 15.3. The first-order chi connectivity index (χ1) is 7.34. The van der Waals surface area contributed by atoms with Gasteiger partial charge in [-0.25, -0.2) is 0 Å². The van der Waals surface area contributed by atoms with Gasteiger partial charge < -0.3 is 5.73 Å². The third kappa shape index (κ3) is 1.53. The molecule has 3 fully saturated rings. The Bertz CT molecular complexity index is 233. The van der Waals surface area contributed by atoms with Crippen molar-refractivity contribution >= 4 is 0 Å². The van der Waals surface area contributed by atoms with Gasteiger partial charge in [-0.1, -0.05) is 19.3 Å². The fourth-order valence-corrected chi connectivity index (χ4v) is 4.32. The summed E-state index contributed by atoms with van der Waals surface area (Å²) in [7, 11) is 0. The summed E-state index contributed by atoms with van der Waals surface area (Å²) in [4.78, 5) is 2.82. The third-order valence-corrected chi connectivity index (χ3v) is 5.18. The second-order valence-electron chi connectivity index (χ2n) is 5.97. The topological polar surface area (TPSA) is 29.3 Å². The summed E-state index contributed by atoms with van der Waals surface area (Å²) >= 11 is 0. The predicted molar refractivity (Wildman–Crippen MR) is 62.7 cm³/mol. The molecule has 86 valence electrons. The highest BCUT2D eigenvalue weighted by molar-refractivity contribution is 5.03. The molecule has 3 rings (SSSR count). The lowest BCUT2D eigenvalue weighted by molar-refractivity contribution is 0.0300. The number of hydrogen-bond donors (Lipinski definition) is 1. The van der Waals surface area contributed by atoms with Crippen molar-refractivity contribution in [2.45, 2.75) is 62.9 Å². The first kappa shape index (κ1) is 10.1. The van der Waals surface area contributed by atoms with Gasteiger partial charge in [0.1, 0.15) is 0 Å². The van der Waals surface area contributed by atoms with Gasteiger partial charge in [0.25, 0.3) is 0 Å². The molecule has 0 aromatic rings. The molecule has 0 aromatic carbocycles. The van der Waals surface area contributed by atoms with E-state index in [1.807, 2.05) is 0 Å². The summed E-state index contributed by atoms with van der Waals surface area (Å²) in [6.07, 6.45) is 11.4. The van der Waals surface area contributed by atoms with E-state index < -0.39 is 0 Å². The molecule has 2 saturated carbocycles. The lowest BCUT2D eigenvalue weighted by Gasteiger charge is -2.48. The molecule has 15 heavy (non-hydrogen) atoms. The van der Waals surface area contributed by atoms with Gasteiger partial charge in [0.05, 0.1) is 0 Å². The molecule has 1 saturated heterocycles. The highest BCUT2D eigenvalue weighted by Crippen LogP contribution is 2.45. The van der Waals surface area contributed by atoms with E-state index in [1.165, 1.54) is 57.9 Å². The van der Waals surface area contributed by atoms with Gasteiger partial charge in [-0.05, 0) is 38.0 Å². The number of piperidine rings is 1. The van der Waals surface area contributed by atoms with Gasteiger partial charge in [-0.15, -0.1) is 0 Å². The SMILES string of the molecule is NCC1(N2CC3CCC2C3)CCCCC1. The number of hydrogen-bond acceptors (Lipinski definition) is 2. The Morgan fingerprint density at radius 2 is 1.93 bits per heavy atom. The van der Waals surface area contributed by atoms with E-state index in [9.17, 15) is 0 Å². The minimum Gasteiger partial charge on any atom is -0.329 e. The third-order valence-electron chi connectivity index (χ3n) is 5.18. The molecular weight excluding hydrogens is 184 g/mol. The van der Waals surface area contributed by atoms with Crippen LogP contribution in [0.2, 0.25) is 0 Å². The van der Waals surface area contributed by atoms with Crippen LogP contribution in [0.15, 0.2) is 0 Å². The predicted octanol–water partition coefficient (Wildman–Crippen LogP) is 2.13. The van der Waals surface area contributed by atoms with Gasteiger partial charge in [0.2, 0.25) is 0 Å². The monoisotopic (exact) mass is 208 g/mol. The zero-order chi connectivity index (χ0) is 10.3. The first-order valence-electron chi connectivity index (χ1n) is 6.81. The Balaban J connectivity index is 1.77. The molecule has 2 bridgehead atoms. The molecule has 3 aliphatic rings. The van der Waals surface area contributed by atoms with Crippen molar-refractivity contribution in [1.82, 2.24) is 4.90 Å². The molecule has 0 radical (unpaired) electrons. The lowest BCUT2D eigenvalue weighted by Crippen LogP contribution is -2.57. The summed E-state index contributed by atoms with van der Waals surface area (Å²) in [5.74, 6) is 1.01. The minimum absolute atomic E-state index is 0.415. The van der Waals surface area contributed by atoms with Crippen molar-refractivity contribution < 1.29 is 0 Å². The molecular formula is C13H24N2. The highest BCUT2D eigenvalue weighted by Gasteiger charge is 2.47. The molecule has 2 aliphatic carbocycles. The van der Waals surface area contributed by atoms with Crippen LogP contribution in [0.1, 0.15) is 51.4 Å². The Morgan fingerprint density at radius 1 is 1.13 bits per heavy atom. The Labute approximate surface area is 93.2 Å². The zero-order valence-electron chi connectivity index (χ0n) is 9.75. The van der Waals surface area contributed by atoms with Gasteiger partial charge in [-0.2, -0.15) is 0 Å². The van der Waals surface area contributed by atoms with Gasteiger partial charge in [0, 0.05) is 24.7 Å². The molecule has 1 heterocycles. The van der Waals surface area contributed by atoms with Crippen LogP contribution in [-0.2, 0) is 0 Å². The summed E-state index contributed by atoms with van der Waals surface area (Å²) in [5.41, 5.74) is 6.52. The van der Waals surface area contributed by atoms with Gasteiger partial charge in [-0.3, -0.25) is 4.90 Å². The van der Waals surface area contributed by atoms with E-state index in [-0.39, 0.29) is 0 Å². The van der Waals surface area contributed by atoms with Gasteiger partial charge in [0.15, 0.2) is 0 Å². The number of nitrogens with two attached hydrogens (primary N) is 1. The Hall–Kier alpha value is -0.0800. The number of nitrogens with zero attached hydrogens (tertiary/aromatic N) is 1. The van der Waals surface area contributed by atoms with Crippen molar-refractivity contribution in [2.24, 2.45) is 11.7 Å². The molecule has 0 amide bonds. The number of fused-ring (bicyclic) bond motifs is 2. The van der Waals surface area contributed by atoms with Crippen LogP contribution >= 0.6 is 0 Å². The smallest absolute Gasteiger partial charge is 0.0334 e. The summed E-state index contributed by atoms with van der Waals surface area (Å²) in [6, 6.07) is 0.900. The molecule has 2 unspecified atom stereocenters. The molecule has 0 spiro atoms. The van der Waals surface area contributed by atoms with E-state index in [4.69, 9.17) is 5.73 Å². The second kappa shape index (κ2) is 3.74. The maximum absolute atomic E-state index is 6.11. The zero-order valence-corrected chi connectivity index (χ0v) is 9.75. The Kier molecular flexibility index (Phi) is 2.52. The quantitative estimate of drug-likeness (QED) is 0.753. The van der Waals surface area contributed by atoms with Crippen LogP contribution in [0.4, 0.5) is 0 Å². The molecule has 2 atom stereocenters. The average molecular weight is 208 g/mol. The summed E-state index contributed by atoms with van der Waals surface area (Å²) < 4.78 is 0. The summed E-state index contributed by atoms with van der Waals surface area (Å²) in [5, 5.41) is 0. The average Bonchev–Trinajstić information content (AvgIpc) is 2.92. The van der Waals surface area contributed by atoms with Crippen molar-refractivity contribution in [2.75, 3.05) is 13.1 Å². The molecule has 2 nitrogen and oxygen atoms in total. The first-order valence-corrected chi connectivity index (χ1v) is 6.81. The maximum atomic E-state index is 6.11. The van der Waals surface area contributed by atoms with Crippen molar-refractivity contribution in [1.29, 1.82) is 0 Å². The standard InChI is InChI=1S/C13H24N2/c14-10-13(6-2-1-3-7-13)15-9-11-4-5-12(15)8-11/h11-12H,1-10,14H2. The van der Waals surface area contributed by atoms with Crippen LogP contribution in [0.5, 0.6) is 0 Å². The fourth-order valence-electron chi connectivity index (χ4n) is 4.32. The maximum Gasteiger partial charge on any atom is 0.0334 e. The van der Waals surface area contributed by atoms with Crippen LogP contribution in [0, 0.1) is 5.92 Å². The van der Waals surface area contributed by atoms with Crippen LogP contribution in [-0.4, -0.2) is 29.6 Å². The molecule has 2 heteroatoms. The Morgan fingerprint density at radius 3 is 2.47 bits per heavy atom. The van der Waals surface area contributed by atoms with E-state index in [2.05, 4.69) is 4.90 Å². The molecule has 1 aliphatic heterocycles. The number of rotatable bonds is 2. The summed E-state index contributed by atoms with van der Waals surface area (Å²) in [6.45, 7) is 2.26. The molecule has 0 aromatic heterocycles. The van der Waals surface area contributed by atoms with Crippen molar-refractivity contribution in [3.05, 3.63) is 0 Å². The van der Waals surface area contributed by atoms with E-state index in [0.717, 1.165) is 18.5 Å². The van der Waals surface area contributed by atoms with Gasteiger partial charge >= 0.3 is 0 Å². The molecule has 2 N–H and O–H groups in total. The largest absolute Gasteiger partial charge is 0.329 e. The van der Waals surface area contributed by atoms with E-state index in [1.54, 1.807) is 0 Å². The fraction of sp³-hybridized carbons (Fsp3) is 1.00.